The standard InChI is InChI=1S/C9H8O4.C3H5I/c1-5-6(8(10)11)3-2-4-7(5)9(12)13;1-2-3-4/h2-4H,1H3,(H,10,11)(H,12,13);2H,1,3H2. The van der Waals surface area contributed by atoms with E-state index < -0.39 is 11.9 Å². The van der Waals surface area contributed by atoms with Crippen molar-refractivity contribution in [1.82, 2.24) is 0 Å². The second-order valence-electron chi connectivity index (χ2n) is 3.03. The lowest BCUT2D eigenvalue weighted by Crippen LogP contribution is -2.06. The third-order valence-corrected chi connectivity index (χ3v) is 2.53. The van der Waals surface area contributed by atoms with Crippen LogP contribution in [0.4, 0.5) is 0 Å². The Bertz CT molecular complexity index is 394. The van der Waals surface area contributed by atoms with Gasteiger partial charge in [-0.05, 0) is 24.6 Å². The van der Waals surface area contributed by atoms with Gasteiger partial charge in [-0.3, -0.25) is 0 Å². The van der Waals surface area contributed by atoms with Crippen LogP contribution >= 0.6 is 22.6 Å². The molecule has 1 rings (SSSR count). The van der Waals surface area contributed by atoms with E-state index in [1.54, 1.807) is 0 Å². The molecular weight excluding hydrogens is 335 g/mol. The van der Waals surface area contributed by atoms with Gasteiger partial charge in [-0.2, -0.15) is 0 Å². The van der Waals surface area contributed by atoms with Crippen LogP contribution in [0.25, 0.3) is 0 Å². The van der Waals surface area contributed by atoms with Crippen LogP contribution in [-0.4, -0.2) is 26.6 Å². The van der Waals surface area contributed by atoms with E-state index >= 15 is 0 Å². The van der Waals surface area contributed by atoms with E-state index in [4.69, 9.17) is 10.2 Å². The molecule has 1 aromatic carbocycles. The van der Waals surface area contributed by atoms with Crippen LogP contribution in [0.5, 0.6) is 0 Å². The van der Waals surface area contributed by atoms with Crippen molar-refractivity contribution in [3.05, 3.63) is 47.5 Å². The molecule has 2 N–H and O–H groups in total. The molecule has 0 saturated carbocycles. The fourth-order valence-electron chi connectivity index (χ4n) is 1.10. The zero-order valence-corrected chi connectivity index (χ0v) is 11.5. The number of hydrogen-bond acceptors (Lipinski definition) is 2. The molecule has 0 aliphatic heterocycles. The molecule has 0 bridgehead atoms. The van der Waals surface area contributed by atoms with E-state index in [1.807, 2.05) is 6.08 Å². The molecule has 0 radical (unpaired) electrons. The van der Waals surface area contributed by atoms with Crippen LogP contribution in [0.3, 0.4) is 0 Å². The maximum absolute atomic E-state index is 10.6. The van der Waals surface area contributed by atoms with Crippen molar-refractivity contribution < 1.29 is 19.8 Å². The second-order valence-corrected chi connectivity index (χ2v) is 3.91. The quantitative estimate of drug-likeness (QED) is 0.500. The number of carbonyl (C=O) groups is 2. The van der Waals surface area contributed by atoms with Gasteiger partial charge in [0.05, 0.1) is 11.1 Å². The number of allylic oxidation sites excluding steroid dienone is 1. The number of benzene rings is 1. The van der Waals surface area contributed by atoms with Gasteiger partial charge < -0.3 is 10.2 Å². The maximum Gasteiger partial charge on any atom is 0.335 e. The van der Waals surface area contributed by atoms with E-state index in [-0.39, 0.29) is 16.7 Å². The number of alkyl halides is 1. The van der Waals surface area contributed by atoms with Crippen molar-refractivity contribution >= 4 is 34.5 Å². The first kappa shape index (κ1) is 15.6. The van der Waals surface area contributed by atoms with Crippen LogP contribution in [0.2, 0.25) is 0 Å². The highest BCUT2D eigenvalue weighted by Gasteiger charge is 2.13. The van der Waals surface area contributed by atoms with Crippen LogP contribution in [-0.2, 0) is 0 Å². The molecule has 1 aromatic rings. The highest BCUT2D eigenvalue weighted by Crippen LogP contribution is 2.13. The first-order valence-electron chi connectivity index (χ1n) is 4.68. The summed E-state index contributed by atoms with van der Waals surface area (Å²) < 4.78 is 1.05. The Hall–Kier alpha value is -1.37. The van der Waals surface area contributed by atoms with Crippen molar-refractivity contribution in [2.75, 3.05) is 4.43 Å². The predicted molar refractivity (Wildman–Crippen MR) is 74.2 cm³/mol. The number of aromatic carboxylic acids is 2. The third-order valence-electron chi connectivity index (χ3n) is 1.90. The Morgan fingerprint density at radius 2 is 1.65 bits per heavy atom. The molecule has 0 amide bonds. The molecule has 0 aromatic heterocycles. The number of carboxylic acids is 2. The zero-order valence-electron chi connectivity index (χ0n) is 9.31. The molecule has 0 atom stereocenters. The van der Waals surface area contributed by atoms with Gasteiger partial charge in [0.1, 0.15) is 0 Å². The van der Waals surface area contributed by atoms with Crippen molar-refractivity contribution in [3.8, 4) is 0 Å². The van der Waals surface area contributed by atoms with Crippen LogP contribution in [0.15, 0.2) is 30.9 Å². The average Bonchev–Trinajstić information content (AvgIpc) is 2.29. The van der Waals surface area contributed by atoms with E-state index in [2.05, 4.69) is 29.2 Å². The van der Waals surface area contributed by atoms with Crippen molar-refractivity contribution in [1.29, 1.82) is 0 Å². The maximum atomic E-state index is 10.6. The van der Waals surface area contributed by atoms with Gasteiger partial charge in [-0.15, -0.1) is 6.58 Å². The minimum Gasteiger partial charge on any atom is -0.478 e. The summed E-state index contributed by atoms with van der Waals surface area (Å²) in [7, 11) is 0. The van der Waals surface area contributed by atoms with Gasteiger partial charge in [0.15, 0.2) is 0 Å². The highest BCUT2D eigenvalue weighted by molar-refractivity contribution is 14.1. The third kappa shape index (κ3) is 4.99. The Morgan fingerprint density at radius 1 is 1.29 bits per heavy atom. The summed E-state index contributed by atoms with van der Waals surface area (Å²) in [6.07, 6.45) is 1.86. The van der Waals surface area contributed by atoms with Crippen molar-refractivity contribution in [2.45, 2.75) is 6.92 Å². The van der Waals surface area contributed by atoms with Gasteiger partial charge in [0, 0.05) is 4.43 Å². The number of hydrogen-bond donors (Lipinski definition) is 2. The zero-order chi connectivity index (χ0) is 13.4. The van der Waals surface area contributed by atoms with Gasteiger partial charge >= 0.3 is 11.9 Å². The second kappa shape index (κ2) is 7.83. The van der Waals surface area contributed by atoms with Gasteiger partial charge in [0.25, 0.3) is 0 Å². The summed E-state index contributed by atoms with van der Waals surface area (Å²) in [5, 5.41) is 17.4. The number of carboxylic acid groups (broad SMARTS) is 2. The van der Waals surface area contributed by atoms with Crippen LogP contribution in [0, 0.1) is 6.92 Å². The number of halogens is 1. The molecule has 5 heteroatoms. The normalized spacial score (nSPS) is 8.82. The van der Waals surface area contributed by atoms with Crippen molar-refractivity contribution in [3.63, 3.8) is 0 Å². The van der Waals surface area contributed by atoms with E-state index in [9.17, 15) is 9.59 Å². The highest BCUT2D eigenvalue weighted by atomic mass is 127. The lowest BCUT2D eigenvalue weighted by molar-refractivity contribution is 0.0696. The smallest absolute Gasteiger partial charge is 0.335 e. The number of rotatable bonds is 3. The Balaban J connectivity index is 0.000000557. The van der Waals surface area contributed by atoms with E-state index in [0.717, 1.165) is 4.43 Å². The Morgan fingerprint density at radius 3 is 1.88 bits per heavy atom. The summed E-state index contributed by atoms with van der Waals surface area (Å²) in [5.41, 5.74) is 0.335. The van der Waals surface area contributed by atoms with Crippen LogP contribution in [0.1, 0.15) is 26.3 Å². The lowest BCUT2D eigenvalue weighted by atomic mass is 10.0. The molecule has 4 nitrogen and oxygen atoms in total. The first-order chi connectivity index (χ1) is 7.95. The summed E-state index contributed by atoms with van der Waals surface area (Å²) in [6.45, 7) is 4.95. The molecule has 17 heavy (non-hydrogen) atoms. The molecule has 0 fully saturated rings. The molecule has 0 unspecified atom stereocenters. The largest absolute Gasteiger partial charge is 0.478 e. The molecule has 0 aliphatic rings. The summed E-state index contributed by atoms with van der Waals surface area (Å²) in [6, 6.07) is 4.17. The summed E-state index contributed by atoms with van der Waals surface area (Å²) in [4.78, 5) is 21.2. The minimum atomic E-state index is -1.11. The van der Waals surface area contributed by atoms with E-state index in [1.165, 1.54) is 25.1 Å². The van der Waals surface area contributed by atoms with Gasteiger partial charge in [0.2, 0.25) is 0 Å². The minimum absolute atomic E-state index is 0.0277. The fourth-order valence-corrected chi connectivity index (χ4v) is 1.10. The summed E-state index contributed by atoms with van der Waals surface area (Å²) >= 11 is 2.23. The topological polar surface area (TPSA) is 74.6 Å². The molecule has 92 valence electrons. The van der Waals surface area contributed by atoms with Gasteiger partial charge in [-0.25, -0.2) is 9.59 Å². The van der Waals surface area contributed by atoms with Crippen LogP contribution < -0.4 is 0 Å². The molecule has 0 spiro atoms. The fraction of sp³-hybridized carbons (Fsp3) is 0.167. The first-order valence-corrected chi connectivity index (χ1v) is 6.21. The Labute approximate surface area is 113 Å². The monoisotopic (exact) mass is 348 g/mol. The molecule has 0 aliphatic carbocycles. The molecule has 0 saturated heterocycles. The van der Waals surface area contributed by atoms with E-state index in [0.29, 0.717) is 0 Å². The molecule has 0 heterocycles. The molecular formula is C12H13IO4. The summed E-state index contributed by atoms with van der Waals surface area (Å²) in [5.74, 6) is -2.22. The Kier molecular flexibility index (Phi) is 7.20. The average molecular weight is 348 g/mol. The van der Waals surface area contributed by atoms with Crippen molar-refractivity contribution in [2.24, 2.45) is 0 Å². The lowest BCUT2D eigenvalue weighted by Gasteiger charge is -2.03. The van der Waals surface area contributed by atoms with Gasteiger partial charge in [-0.1, -0.05) is 34.7 Å². The predicted octanol–water partition coefficient (Wildman–Crippen LogP) is 3.00. The SMILES string of the molecule is C=CCI.Cc1c(C(=O)O)cccc1C(=O)O.